The van der Waals surface area contributed by atoms with E-state index >= 15 is 0 Å². The highest BCUT2D eigenvalue weighted by molar-refractivity contribution is 5.59. The first kappa shape index (κ1) is 13.4. The molecule has 9 rings (SSSR count). The van der Waals surface area contributed by atoms with Gasteiger partial charge in [0.2, 0.25) is 0 Å². The lowest BCUT2D eigenvalue weighted by molar-refractivity contribution is 0.0119. The van der Waals surface area contributed by atoms with E-state index in [4.69, 9.17) is 4.74 Å². The second kappa shape index (κ2) is 3.51. The first-order chi connectivity index (χ1) is 13.2. The number of methoxy groups -OCH3 is 1. The number of para-hydroxylation sites is 1. The van der Waals surface area contributed by atoms with Crippen molar-refractivity contribution >= 4 is 0 Å². The predicted octanol–water partition coefficient (Wildman–Crippen LogP) is 1.49. The number of hydrogen-bond donors (Lipinski definition) is 0. The lowest BCUT2D eigenvalue weighted by Gasteiger charge is -2.48. The van der Waals surface area contributed by atoms with Gasteiger partial charge in [-0.25, -0.2) is 23.5 Å². The number of allylic oxidation sites excluding steroid dienone is 4. The van der Waals surface area contributed by atoms with Crippen molar-refractivity contribution in [2.75, 3.05) is 7.11 Å². The van der Waals surface area contributed by atoms with Crippen LogP contribution in [0.2, 0.25) is 0 Å². The average molecular weight is 359 g/mol. The van der Waals surface area contributed by atoms with Crippen molar-refractivity contribution < 1.29 is 4.74 Å². The first-order valence-corrected chi connectivity index (χ1v) is 9.66. The van der Waals surface area contributed by atoms with E-state index in [2.05, 4.69) is 18.2 Å². The second-order valence-corrected chi connectivity index (χ2v) is 8.92. The molecule has 0 unspecified atom stereocenters. The van der Waals surface area contributed by atoms with Crippen molar-refractivity contribution in [2.45, 2.75) is 12.1 Å². The van der Waals surface area contributed by atoms with Crippen LogP contribution in [0.5, 0.6) is 0 Å². The number of ether oxygens (including phenoxy) is 1. The number of nitrogens with zero attached hydrogens (tertiary/aromatic N) is 3. The monoisotopic (exact) mass is 359 g/mol. The number of hydrogen-bond acceptors (Lipinski definition) is 3. The van der Waals surface area contributed by atoms with Gasteiger partial charge in [0.05, 0.1) is 30.3 Å². The van der Waals surface area contributed by atoms with Crippen molar-refractivity contribution in [3.8, 4) is 5.69 Å². The predicted molar refractivity (Wildman–Crippen MR) is 95.4 cm³/mol. The zero-order valence-corrected chi connectivity index (χ0v) is 14.6. The van der Waals surface area contributed by atoms with Crippen LogP contribution in [0.3, 0.4) is 0 Å². The Labute approximate surface area is 154 Å². The third kappa shape index (κ3) is 0.947. The Morgan fingerprint density at radius 3 is 2.41 bits per heavy atom. The number of benzene rings is 1. The maximum Gasteiger partial charge on any atom is 0.352 e. The van der Waals surface area contributed by atoms with Crippen LogP contribution >= 0.6 is 0 Å². The van der Waals surface area contributed by atoms with Gasteiger partial charge in [-0.2, -0.15) is 0 Å². The van der Waals surface area contributed by atoms with E-state index in [1.807, 2.05) is 35.0 Å². The normalized spacial score (nSPS) is 47.4. The fourth-order valence-corrected chi connectivity index (χ4v) is 8.38. The molecule has 0 saturated heterocycles. The van der Waals surface area contributed by atoms with Gasteiger partial charge in [0.15, 0.2) is 0 Å². The van der Waals surface area contributed by atoms with Crippen molar-refractivity contribution in [3.05, 3.63) is 75.3 Å². The van der Waals surface area contributed by atoms with Gasteiger partial charge in [0, 0.05) is 5.41 Å². The van der Waals surface area contributed by atoms with E-state index in [1.54, 1.807) is 11.8 Å². The van der Waals surface area contributed by atoms with Gasteiger partial charge in [0.25, 0.3) is 0 Å². The maximum atomic E-state index is 13.5. The van der Waals surface area contributed by atoms with Gasteiger partial charge >= 0.3 is 11.4 Å². The molecule has 2 aromatic rings. The topological polar surface area (TPSA) is 58.2 Å². The van der Waals surface area contributed by atoms with Crippen LogP contribution in [0.25, 0.3) is 5.69 Å². The van der Waals surface area contributed by atoms with Gasteiger partial charge in [-0.15, -0.1) is 0 Å². The molecule has 0 N–H and O–H groups in total. The molecule has 134 valence electrons. The molecule has 4 saturated carbocycles. The SMILES string of the molecule is COC1=CC=C[C@]23[C@H]4[C@@H]5[C@@H]6[C@@H]5[C@@H]2[C@@]13[C@H]6n1c(=O)n(-c2ccccc2)c(=O)n14. The Balaban J connectivity index is 1.48. The smallest absolute Gasteiger partial charge is 0.352 e. The largest absolute Gasteiger partial charge is 0.500 e. The molecule has 5 aliphatic carbocycles. The van der Waals surface area contributed by atoms with Crippen LogP contribution in [0.15, 0.2) is 63.9 Å². The summed E-state index contributed by atoms with van der Waals surface area (Å²) in [5, 5.41) is 0. The summed E-state index contributed by atoms with van der Waals surface area (Å²) < 4.78 is 10.8. The Hall–Kier alpha value is -2.76. The molecule has 2 spiro atoms. The first-order valence-electron chi connectivity index (χ1n) is 9.66. The molecule has 1 aromatic carbocycles. The summed E-state index contributed by atoms with van der Waals surface area (Å²) in [6, 6.07) is 9.41. The summed E-state index contributed by atoms with van der Waals surface area (Å²) in [6.45, 7) is 0. The molecule has 0 radical (unpaired) electrons. The second-order valence-electron chi connectivity index (χ2n) is 8.92. The van der Waals surface area contributed by atoms with Gasteiger partial charge in [-0.1, -0.05) is 30.4 Å². The zero-order valence-electron chi connectivity index (χ0n) is 14.6. The van der Waals surface area contributed by atoms with Crippen LogP contribution in [0.4, 0.5) is 0 Å². The van der Waals surface area contributed by atoms with Gasteiger partial charge in [0.1, 0.15) is 5.76 Å². The Bertz CT molecular complexity index is 1260. The van der Waals surface area contributed by atoms with Crippen molar-refractivity contribution in [2.24, 2.45) is 34.5 Å². The number of aromatic nitrogens is 3. The molecule has 3 heterocycles. The van der Waals surface area contributed by atoms with E-state index in [1.165, 1.54) is 4.57 Å². The van der Waals surface area contributed by atoms with E-state index in [0.29, 0.717) is 29.4 Å². The highest BCUT2D eigenvalue weighted by Crippen LogP contribution is 3.04. The summed E-state index contributed by atoms with van der Waals surface area (Å²) in [5.74, 6) is 3.24. The molecule has 27 heavy (non-hydrogen) atoms. The minimum absolute atomic E-state index is 0.0268. The van der Waals surface area contributed by atoms with Crippen molar-refractivity contribution in [3.63, 3.8) is 0 Å². The molecule has 4 fully saturated rings. The molecular formula is C21H17N3O3. The van der Waals surface area contributed by atoms with Crippen LogP contribution in [-0.4, -0.2) is 21.0 Å². The molecule has 7 aliphatic rings. The summed E-state index contributed by atoms with van der Waals surface area (Å²) in [4.78, 5) is 26.9. The Morgan fingerprint density at radius 1 is 0.963 bits per heavy atom. The van der Waals surface area contributed by atoms with Crippen molar-refractivity contribution in [1.29, 1.82) is 0 Å². The Kier molecular flexibility index (Phi) is 1.74. The van der Waals surface area contributed by atoms with Gasteiger partial charge in [-0.3, -0.25) is 0 Å². The molecule has 2 bridgehead atoms. The lowest BCUT2D eigenvalue weighted by Crippen LogP contribution is -2.53. The summed E-state index contributed by atoms with van der Waals surface area (Å²) in [7, 11) is 1.74. The molecular weight excluding hydrogens is 342 g/mol. The molecule has 6 heteroatoms. The minimum Gasteiger partial charge on any atom is -0.500 e. The van der Waals surface area contributed by atoms with Crippen molar-refractivity contribution in [1.82, 2.24) is 13.9 Å². The summed E-state index contributed by atoms with van der Waals surface area (Å²) in [6.07, 6.45) is 6.49. The average Bonchev–Trinajstić information content (AvgIpc) is 3.46. The molecule has 1 aromatic heterocycles. The molecule has 0 amide bonds. The van der Waals surface area contributed by atoms with E-state index in [9.17, 15) is 9.59 Å². The molecule has 2 aliphatic heterocycles. The van der Waals surface area contributed by atoms with Crippen LogP contribution in [0.1, 0.15) is 12.1 Å². The zero-order chi connectivity index (χ0) is 17.9. The van der Waals surface area contributed by atoms with Gasteiger partial charge < -0.3 is 4.74 Å². The number of rotatable bonds is 2. The minimum atomic E-state index is -0.203. The standard InChI is InChI=1S/C21H17N3O3/c1-27-11-8-5-9-20-15-12-13-14(12)17(21(11,15)20)24-19(26)22(10-6-3-2-4-7-10)18(25)23(24)16(13)20/h2-9,12-17H,1H3/t12-,13+,14+,15+,16-,17+,20-,21-/m1/s1. The van der Waals surface area contributed by atoms with E-state index in [0.717, 1.165) is 5.76 Å². The summed E-state index contributed by atoms with van der Waals surface area (Å²) >= 11 is 0. The van der Waals surface area contributed by atoms with E-state index < -0.39 is 0 Å². The third-order valence-corrected chi connectivity index (χ3v) is 8.70. The highest BCUT2D eigenvalue weighted by atomic mass is 16.5. The Morgan fingerprint density at radius 2 is 1.67 bits per heavy atom. The third-order valence-electron chi connectivity index (χ3n) is 8.70. The quantitative estimate of drug-likeness (QED) is 0.816. The lowest BCUT2D eigenvalue weighted by atomic mass is 9.68. The fraction of sp³-hybridized carbons (Fsp3) is 0.429. The molecule has 8 atom stereocenters. The van der Waals surface area contributed by atoms with Crippen LogP contribution in [0, 0.1) is 34.5 Å². The highest BCUT2D eigenvalue weighted by Gasteiger charge is 3.04. The van der Waals surface area contributed by atoms with E-state index in [-0.39, 0.29) is 34.3 Å². The van der Waals surface area contributed by atoms with Gasteiger partial charge in [-0.05, 0) is 41.9 Å². The van der Waals surface area contributed by atoms with Crippen LogP contribution < -0.4 is 11.4 Å². The molecule has 6 nitrogen and oxygen atoms in total. The maximum absolute atomic E-state index is 13.5. The fourth-order valence-electron chi connectivity index (χ4n) is 8.38. The summed E-state index contributed by atoms with van der Waals surface area (Å²) in [5.41, 5.74) is 0.117. The van der Waals surface area contributed by atoms with Crippen LogP contribution in [-0.2, 0) is 4.74 Å².